The Hall–Kier alpha value is -3.25. The first-order valence-corrected chi connectivity index (χ1v) is 20.0. The first-order chi connectivity index (χ1) is 23.5. The summed E-state index contributed by atoms with van der Waals surface area (Å²) in [5.41, 5.74) is 3.56. The van der Waals surface area contributed by atoms with Crippen LogP contribution in [0.5, 0.6) is 5.75 Å². The van der Waals surface area contributed by atoms with Gasteiger partial charge in [0, 0.05) is 41.6 Å². The number of halogens is 1. The van der Waals surface area contributed by atoms with Gasteiger partial charge in [-0.1, -0.05) is 36.7 Å². The fraction of sp³-hybridized carbons (Fsp3) is 0.486. The number of carbonyl (C=O) groups excluding carboxylic acids is 2. The molecule has 1 aromatic heterocycles. The third kappa shape index (κ3) is 7.04. The van der Waals surface area contributed by atoms with Gasteiger partial charge in [-0.25, -0.2) is 9.19 Å². The molecule has 2 aliphatic carbocycles. The van der Waals surface area contributed by atoms with Crippen molar-refractivity contribution in [2.75, 3.05) is 37.5 Å². The summed E-state index contributed by atoms with van der Waals surface area (Å²) in [6.45, 7) is 5.76. The molecule has 3 heterocycles. The number of thiazole rings is 1. The van der Waals surface area contributed by atoms with Gasteiger partial charge >= 0.3 is 0 Å². The van der Waals surface area contributed by atoms with E-state index in [2.05, 4.69) is 43.3 Å². The fourth-order valence-electron chi connectivity index (χ4n) is 8.03. The van der Waals surface area contributed by atoms with E-state index in [1.54, 1.807) is 25.5 Å². The van der Waals surface area contributed by atoms with Crippen LogP contribution in [-0.2, 0) is 26.5 Å². The van der Waals surface area contributed by atoms with Crippen LogP contribution in [0.15, 0.2) is 58.3 Å². The Morgan fingerprint density at radius 2 is 2.08 bits per heavy atom. The number of nitrogens with zero attached hydrogens (tertiary/aromatic N) is 3. The number of aryl methyl sites for hydroxylation is 2. The Bertz CT molecular complexity index is 1920. The molecule has 0 radical (unpaired) electrons. The van der Waals surface area contributed by atoms with Gasteiger partial charge in [0.1, 0.15) is 21.4 Å². The molecule has 2 aliphatic heterocycles. The molecule has 7 rings (SSSR count). The molecule has 1 spiro atoms. The third-order valence-electron chi connectivity index (χ3n) is 10.6. The summed E-state index contributed by atoms with van der Waals surface area (Å²) in [7, 11) is -1.75. The normalized spacial score (nSPS) is 30.5. The van der Waals surface area contributed by atoms with Gasteiger partial charge in [-0.2, -0.15) is 0 Å². The van der Waals surface area contributed by atoms with Crippen molar-refractivity contribution in [2.24, 2.45) is 22.1 Å². The molecule has 0 saturated heterocycles. The van der Waals surface area contributed by atoms with E-state index in [4.69, 9.17) is 21.1 Å². The molecule has 12 heteroatoms. The molecule has 9 nitrogen and oxygen atoms in total. The first kappa shape index (κ1) is 34.2. The second-order valence-electron chi connectivity index (χ2n) is 14.1. The number of nitrogens with one attached hydrogen (secondary N) is 1. The molecule has 0 unspecified atom stereocenters. The number of rotatable bonds is 3. The van der Waals surface area contributed by atoms with Crippen LogP contribution in [0, 0.1) is 24.7 Å². The van der Waals surface area contributed by atoms with Crippen LogP contribution in [-0.4, -0.2) is 59.7 Å². The second kappa shape index (κ2) is 13.8. The van der Waals surface area contributed by atoms with E-state index >= 15 is 0 Å². The number of hydrogen-bond donors (Lipinski definition) is 1. The van der Waals surface area contributed by atoms with Crippen LogP contribution in [0.3, 0.4) is 0 Å². The lowest BCUT2D eigenvalue weighted by Crippen LogP contribution is -2.49. The average molecular weight is 723 g/mol. The number of allylic oxidation sites excluding steroid dienone is 1. The summed E-state index contributed by atoms with van der Waals surface area (Å²) in [5, 5.41) is 3.07. The maximum absolute atomic E-state index is 14.4. The number of benzene rings is 2. The van der Waals surface area contributed by atoms with Crippen molar-refractivity contribution in [3.8, 4) is 5.75 Å². The highest BCUT2D eigenvalue weighted by Crippen LogP contribution is 2.47. The standard InChI is InChI=1S/C37H43ClN4O5S2/c1-23-6-4-8-33(46-3)29-12-9-27(29)18-42-21-37(15-5-7-25-16-28(38)11-13-30(25)37)22-47-34-14-10-26(17-32(34)42)35(43)40-49(45,20-23)41-36(44)31-19-48-24(2)39-31/h4,8,10-11,13-14,16-17,19,23,27,29,33H,5-7,9,12,15,18,20-22H2,1-3H3,(H,40,41,43,44,45)/b8-4+/t23-,27-,29+,33-,37-,49-/m0/s1. The summed E-state index contributed by atoms with van der Waals surface area (Å²) >= 11 is 7.77. The summed E-state index contributed by atoms with van der Waals surface area (Å²) in [6.07, 6.45) is 9.89. The predicted molar refractivity (Wildman–Crippen MR) is 194 cm³/mol. The zero-order valence-corrected chi connectivity index (χ0v) is 30.5. The number of fused-ring (bicyclic) bond motifs is 4. The molecule has 1 fully saturated rings. The lowest BCUT2D eigenvalue weighted by Gasteiger charge is -2.46. The van der Waals surface area contributed by atoms with Crippen LogP contribution in [0.4, 0.5) is 5.69 Å². The van der Waals surface area contributed by atoms with Crippen LogP contribution < -0.4 is 14.4 Å². The number of hydrogen-bond acceptors (Lipinski definition) is 8. The summed E-state index contributed by atoms with van der Waals surface area (Å²) in [4.78, 5) is 33.7. The smallest absolute Gasteiger partial charge is 0.286 e. The molecule has 260 valence electrons. The van der Waals surface area contributed by atoms with E-state index in [9.17, 15) is 13.8 Å². The minimum Gasteiger partial charge on any atom is -0.490 e. The Morgan fingerprint density at radius 1 is 1.22 bits per heavy atom. The number of ether oxygens (including phenoxy) is 2. The van der Waals surface area contributed by atoms with E-state index in [1.807, 2.05) is 25.1 Å². The molecule has 2 aromatic carbocycles. The van der Waals surface area contributed by atoms with E-state index in [0.717, 1.165) is 55.9 Å². The molecule has 2 amide bonds. The van der Waals surface area contributed by atoms with Crippen molar-refractivity contribution in [3.63, 3.8) is 0 Å². The van der Waals surface area contributed by atoms with E-state index in [0.29, 0.717) is 41.2 Å². The van der Waals surface area contributed by atoms with Crippen molar-refractivity contribution >= 4 is 50.4 Å². The Kier molecular flexibility index (Phi) is 9.64. The molecular weight excluding hydrogens is 680 g/mol. The maximum atomic E-state index is 14.4. The second-order valence-corrected chi connectivity index (χ2v) is 17.6. The van der Waals surface area contributed by atoms with Gasteiger partial charge in [-0.05, 0) is 105 Å². The molecule has 49 heavy (non-hydrogen) atoms. The van der Waals surface area contributed by atoms with Gasteiger partial charge in [-0.15, -0.1) is 15.7 Å². The van der Waals surface area contributed by atoms with Crippen molar-refractivity contribution in [2.45, 2.75) is 63.9 Å². The Labute approximate surface area is 297 Å². The molecule has 1 saturated carbocycles. The third-order valence-corrected chi connectivity index (χ3v) is 13.6. The Morgan fingerprint density at radius 3 is 2.84 bits per heavy atom. The number of anilines is 1. The van der Waals surface area contributed by atoms with E-state index < -0.39 is 21.7 Å². The SMILES string of the molecule is CO[C@H]1/C=C/C[C@H](C)C[S@@](=O)(NC(=O)c2csc(C)n2)=NC(=O)c2ccc3c(c2)N(C[C@@H]2CC[C@H]21)C[C@@]1(CCCc2cc(Cl)ccc21)CO3. The van der Waals surface area contributed by atoms with Crippen LogP contribution >= 0.6 is 22.9 Å². The zero-order valence-electron chi connectivity index (χ0n) is 28.2. The zero-order chi connectivity index (χ0) is 34.3. The molecular formula is C37H43ClN4O5S2. The molecule has 4 aliphatic rings. The monoisotopic (exact) mass is 722 g/mol. The molecule has 3 aromatic rings. The number of carbonyl (C=O) groups is 2. The topological polar surface area (TPSA) is 110 Å². The molecule has 2 bridgehead atoms. The van der Waals surface area contributed by atoms with Crippen molar-refractivity contribution in [1.82, 2.24) is 9.71 Å². The van der Waals surface area contributed by atoms with Gasteiger partial charge in [0.15, 0.2) is 0 Å². The number of amides is 2. The lowest BCUT2D eigenvalue weighted by molar-refractivity contribution is 0.0131. The lowest BCUT2D eigenvalue weighted by atomic mass is 9.68. The highest BCUT2D eigenvalue weighted by atomic mass is 35.5. The van der Waals surface area contributed by atoms with Crippen LogP contribution in [0.2, 0.25) is 5.02 Å². The Balaban J connectivity index is 1.31. The molecule has 1 N–H and O–H groups in total. The fourth-order valence-corrected chi connectivity index (χ4v) is 10.7. The van der Waals surface area contributed by atoms with Gasteiger partial charge in [0.25, 0.3) is 11.8 Å². The maximum Gasteiger partial charge on any atom is 0.286 e. The van der Waals surface area contributed by atoms with E-state index in [-0.39, 0.29) is 28.9 Å². The molecule has 6 atom stereocenters. The van der Waals surface area contributed by atoms with Gasteiger partial charge in [0.05, 0.1) is 29.2 Å². The van der Waals surface area contributed by atoms with Gasteiger partial charge < -0.3 is 14.4 Å². The van der Waals surface area contributed by atoms with Crippen LogP contribution in [0.1, 0.15) is 76.0 Å². The first-order valence-electron chi connectivity index (χ1n) is 17.1. The highest BCUT2D eigenvalue weighted by Gasteiger charge is 2.44. The van der Waals surface area contributed by atoms with Crippen molar-refractivity contribution in [3.05, 3.63) is 86.3 Å². The minimum atomic E-state index is -3.51. The van der Waals surface area contributed by atoms with Crippen molar-refractivity contribution < 1.29 is 23.3 Å². The quantitative estimate of drug-likeness (QED) is 0.286. The predicted octanol–water partition coefficient (Wildman–Crippen LogP) is 7.17. The summed E-state index contributed by atoms with van der Waals surface area (Å²) in [6, 6.07) is 11.6. The summed E-state index contributed by atoms with van der Waals surface area (Å²) < 4.78 is 33.9. The highest BCUT2D eigenvalue weighted by molar-refractivity contribution is 7.92. The van der Waals surface area contributed by atoms with Gasteiger partial charge in [-0.3, -0.25) is 14.3 Å². The largest absolute Gasteiger partial charge is 0.490 e. The van der Waals surface area contributed by atoms with Gasteiger partial charge in [0.2, 0.25) is 0 Å². The van der Waals surface area contributed by atoms with E-state index in [1.165, 1.54) is 22.5 Å². The average Bonchev–Trinajstić information content (AvgIpc) is 3.43. The number of aromatic nitrogens is 1. The van der Waals surface area contributed by atoms with Crippen molar-refractivity contribution in [1.29, 1.82) is 0 Å². The minimum absolute atomic E-state index is 0.00770. The number of methoxy groups -OCH3 is 1. The summed E-state index contributed by atoms with van der Waals surface area (Å²) in [5.74, 6) is 0.0542. The van der Waals surface area contributed by atoms with Crippen LogP contribution in [0.25, 0.3) is 0 Å².